The number of carbonyl (C=O) groups excluding carboxylic acids is 1. The highest BCUT2D eigenvalue weighted by Crippen LogP contribution is 2.24. The van der Waals surface area contributed by atoms with Gasteiger partial charge in [0.1, 0.15) is 6.54 Å². The number of rotatable bonds is 4. The number of nitrogens with one attached hydrogen (secondary N) is 1. The first-order chi connectivity index (χ1) is 11.1. The molecule has 3 rings (SSSR count). The van der Waals surface area contributed by atoms with E-state index in [-0.39, 0.29) is 12.5 Å². The number of hydrogen-bond acceptors (Lipinski definition) is 4. The van der Waals surface area contributed by atoms with Crippen LogP contribution in [0.4, 0.5) is 11.4 Å². The molecule has 1 fully saturated rings. The maximum absolute atomic E-state index is 12.0. The maximum Gasteiger partial charge on any atom is 0.246 e. The van der Waals surface area contributed by atoms with Crippen molar-refractivity contribution in [2.75, 3.05) is 23.3 Å². The first-order valence-corrected chi connectivity index (χ1v) is 8.12. The number of aryl methyl sites for hydroxylation is 1. The summed E-state index contributed by atoms with van der Waals surface area (Å²) < 4.78 is 1.58. The van der Waals surface area contributed by atoms with Gasteiger partial charge in [0, 0.05) is 24.5 Å². The standard InChI is InChI=1S/C17H23N5O/c1-13-7-9-21(10-8-13)16-5-3-15(4-6-16)19-17(23)12-22-14(2)11-18-20-22/h3-6,11,13H,7-10,12H2,1-2H3,(H,19,23). The Bertz CT molecular complexity index is 656. The Morgan fingerprint density at radius 2 is 1.96 bits per heavy atom. The van der Waals surface area contributed by atoms with Crippen LogP contribution in [0, 0.1) is 12.8 Å². The van der Waals surface area contributed by atoms with Crippen molar-refractivity contribution >= 4 is 17.3 Å². The monoisotopic (exact) mass is 313 g/mol. The van der Waals surface area contributed by atoms with E-state index >= 15 is 0 Å². The van der Waals surface area contributed by atoms with Crippen molar-refractivity contribution in [1.82, 2.24) is 15.0 Å². The van der Waals surface area contributed by atoms with Gasteiger partial charge < -0.3 is 10.2 Å². The Hall–Kier alpha value is -2.37. The molecule has 1 aromatic heterocycles. The Labute approximate surface area is 136 Å². The summed E-state index contributed by atoms with van der Waals surface area (Å²) >= 11 is 0. The SMILES string of the molecule is Cc1cnnn1CC(=O)Nc1ccc(N2CCC(C)CC2)cc1. The lowest BCUT2D eigenvalue weighted by Crippen LogP contribution is -2.32. The summed E-state index contributed by atoms with van der Waals surface area (Å²) in [5.41, 5.74) is 2.90. The van der Waals surface area contributed by atoms with Crippen molar-refractivity contribution in [1.29, 1.82) is 0 Å². The highest BCUT2D eigenvalue weighted by molar-refractivity contribution is 5.90. The van der Waals surface area contributed by atoms with Gasteiger partial charge in [0.2, 0.25) is 5.91 Å². The summed E-state index contributed by atoms with van der Waals surface area (Å²) in [6, 6.07) is 8.07. The van der Waals surface area contributed by atoms with Gasteiger partial charge in [-0.25, -0.2) is 4.68 Å². The predicted molar refractivity (Wildman–Crippen MR) is 90.4 cm³/mol. The van der Waals surface area contributed by atoms with Crippen LogP contribution in [0.5, 0.6) is 0 Å². The predicted octanol–water partition coefficient (Wildman–Crippen LogP) is 2.46. The number of benzene rings is 1. The second-order valence-electron chi connectivity index (χ2n) is 6.30. The minimum Gasteiger partial charge on any atom is -0.372 e. The van der Waals surface area contributed by atoms with Crippen LogP contribution in [0.1, 0.15) is 25.5 Å². The third-order valence-corrected chi connectivity index (χ3v) is 4.40. The fraction of sp³-hybridized carbons (Fsp3) is 0.471. The molecule has 1 aromatic carbocycles. The molecular weight excluding hydrogens is 290 g/mol. The summed E-state index contributed by atoms with van der Waals surface area (Å²) in [5, 5.41) is 10.6. The number of anilines is 2. The van der Waals surface area contributed by atoms with Crippen LogP contribution in [0.3, 0.4) is 0 Å². The van der Waals surface area contributed by atoms with Gasteiger partial charge in [-0.3, -0.25) is 4.79 Å². The molecule has 6 heteroatoms. The molecule has 23 heavy (non-hydrogen) atoms. The molecule has 122 valence electrons. The van der Waals surface area contributed by atoms with E-state index in [4.69, 9.17) is 0 Å². The van der Waals surface area contributed by atoms with E-state index in [0.717, 1.165) is 30.4 Å². The zero-order valence-electron chi connectivity index (χ0n) is 13.7. The highest BCUT2D eigenvalue weighted by Gasteiger charge is 2.16. The zero-order valence-corrected chi connectivity index (χ0v) is 13.7. The maximum atomic E-state index is 12.0. The van der Waals surface area contributed by atoms with Crippen molar-refractivity contribution in [3.05, 3.63) is 36.2 Å². The van der Waals surface area contributed by atoms with E-state index < -0.39 is 0 Å². The molecule has 2 aromatic rings. The quantitative estimate of drug-likeness (QED) is 0.942. The lowest BCUT2D eigenvalue weighted by molar-refractivity contribution is -0.117. The molecule has 1 N–H and O–H groups in total. The van der Waals surface area contributed by atoms with Crippen LogP contribution < -0.4 is 10.2 Å². The minimum atomic E-state index is -0.0989. The number of aromatic nitrogens is 3. The van der Waals surface area contributed by atoms with Crippen molar-refractivity contribution in [2.24, 2.45) is 5.92 Å². The van der Waals surface area contributed by atoms with Crippen molar-refractivity contribution in [3.8, 4) is 0 Å². The topological polar surface area (TPSA) is 63.1 Å². The number of nitrogens with zero attached hydrogens (tertiary/aromatic N) is 4. The molecule has 2 heterocycles. The first-order valence-electron chi connectivity index (χ1n) is 8.12. The Balaban J connectivity index is 1.57. The lowest BCUT2D eigenvalue weighted by atomic mass is 9.99. The molecule has 0 radical (unpaired) electrons. The largest absolute Gasteiger partial charge is 0.372 e. The molecule has 0 aliphatic carbocycles. The van der Waals surface area contributed by atoms with E-state index in [0.29, 0.717) is 0 Å². The molecule has 1 aliphatic heterocycles. The van der Waals surface area contributed by atoms with Gasteiger partial charge >= 0.3 is 0 Å². The summed E-state index contributed by atoms with van der Waals surface area (Å²) in [6.07, 6.45) is 4.13. The fourth-order valence-electron chi connectivity index (χ4n) is 2.82. The summed E-state index contributed by atoms with van der Waals surface area (Å²) in [5.74, 6) is 0.725. The second-order valence-corrected chi connectivity index (χ2v) is 6.30. The molecule has 0 saturated carbocycles. The summed E-state index contributed by atoms with van der Waals surface area (Å²) in [6.45, 7) is 6.59. The van der Waals surface area contributed by atoms with Gasteiger partial charge in [-0.1, -0.05) is 12.1 Å². The summed E-state index contributed by atoms with van der Waals surface area (Å²) in [4.78, 5) is 14.5. The zero-order chi connectivity index (χ0) is 16.2. The molecule has 0 unspecified atom stereocenters. The molecule has 1 aliphatic rings. The lowest BCUT2D eigenvalue weighted by Gasteiger charge is -2.32. The molecule has 0 atom stereocenters. The number of hydrogen-bond donors (Lipinski definition) is 1. The van der Waals surface area contributed by atoms with Crippen LogP contribution in [0.25, 0.3) is 0 Å². The van der Waals surface area contributed by atoms with Crippen LogP contribution in [0.15, 0.2) is 30.5 Å². The molecule has 6 nitrogen and oxygen atoms in total. The van der Waals surface area contributed by atoms with Crippen molar-refractivity contribution in [2.45, 2.75) is 33.2 Å². The Kier molecular flexibility index (Phi) is 4.60. The smallest absolute Gasteiger partial charge is 0.246 e. The van der Waals surface area contributed by atoms with Crippen LogP contribution in [0.2, 0.25) is 0 Å². The van der Waals surface area contributed by atoms with Crippen molar-refractivity contribution in [3.63, 3.8) is 0 Å². The molecule has 0 bridgehead atoms. The van der Waals surface area contributed by atoms with Gasteiger partial charge in [-0.2, -0.15) is 0 Å². The normalized spacial score (nSPS) is 15.7. The first kappa shape index (κ1) is 15.5. The third kappa shape index (κ3) is 3.88. The molecular formula is C17H23N5O. The fourth-order valence-corrected chi connectivity index (χ4v) is 2.82. The van der Waals surface area contributed by atoms with Gasteiger partial charge in [0.25, 0.3) is 0 Å². The van der Waals surface area contributed by atoms with Gasteiger partial charge in [-0.05, 0) is 49.9 Å². The van der Waals surface area contributed by atoms with Crippen molar-refractivity contribution < 1.29 is 4.79 Å². The van der Waals surface area contributed by atoms with E-state index in [1.165, 1.54) is 18.5 Å². The van der Waals surface area contributed by atoms with Crippen LogP contribution >= 0.6 is 0 Å². The van der Waals surface area contributed by atoms with E-state index in [2.05, 4.69) is 39.6 Å². The Morgan fingerprint density at radius 1 is 1.26 bits per heavy atom. The number of carbonyl (C=O) groups is 1. The number of amides is 1. The number of piperidine rings is 1. The van der Waals surface area contributed by atoms with E-state index in [9.17, 15) is 4.79 Å². The Morgan fingerprint density at radius 3 is 2.57 bits per heavy atom. The summed E-state index contributed by atoms with van der Waals surface area (Å²) in [7, 11) is 0. The van der Waals surface area contributed by atoms with E-state index in [1.807, 2.05) is 19.1 Å². The van der Waals surface area contributed by atoms with Crippen LogP contribution in [-0.2, 0) is 11.3 Å². The van der Waals surface area contributed by atoms with Crippen LogP contribution in [-0.4, -0.2) is 34.0 Å². The van der Waals surface area contributed by atoms with Gasteiger partial charge in [0.05, 0.1) is 11.9 Å². The third-order valence-electron chi connectivity index (χ3n) is 4.40. The minimum absolute atomic E-state index is 0.0989. The van der Waals surface area contributed by atoms with Gasteiger partial charge in [-0.15, -0.1) is 5.10 Å². The average Bonchev–Trinajstić information content (AvgIpc) is 2.94. The molecule has 1 saturated heterocycles. The average molecular weight is 313 g/mol. The van der Waals surface area contributed by atoms with E-state index in [1.54, 1.807) is 10.9 Å². The molecule has 1 amide bonds. The highest BCUT2D eigenvalue weighted by atomic mass is 16.2. The van der Waals surface area contributed by atoms with Gasteiger partial charge in [0.15, 0.2) is 0 Å². The molecule has 0 spiro atoms. The second kappa shape index (κ2) is 6.81.